The average molecular weight is 344 g/mol. The van der Waals surface area contributed by atoms with E-state index in [1.807, 2.05) is 30.3 Å². The number of rotatable bonds is 6. The summed E-state index contributed by atoms with van der Waals surface area (Å²) in [6.07, 6.45) is 0.747. The summed E-state index contributed by atoms with van der Waals surface area (Å²) in [4.78, 5) is 11.6. The van der Waals surface area contributed by atoms with E-state index in [4.69, 9.17) is 4.74 Å². The fourth-order valence-corrected chi connectivity index (χ4v) is 1.97. The summed E-state index contributed by atoms with van der Waals surface area (Å²) in [6.45, 7) is 0.614. The number of amides is 2. The zero-order valence-electron chi connectivity index (χ0n) is 13.5. The SMILES string of the molecule is O=C(NCC#CCOc1ccc(F)cc1F)NCCc1ccccc1. The lowest BCUT2D eigenvalue weighted by molar-refractivity contribution is 0.242. The summed E-state index contributed by atoms with van der Waals surface area (Å²) < 4.78 is 31.1. The van der Waals surface area contributed by atoms with Gasteiger partial charge in [-0.05, 0) is 24.1 Å². The number of carbonyl (C=O) groups is 1. The van der Waals surface area contributed by atoms with E-state index >= 15 is 0 Å². The maximum atomic E-state index is 13.3. The predicted octanol–water partition coefficient (Wildman–Crippen LogP) is 2.89. The van der Waals surface area contributed by atoms with Crippen LogP contribution < -0.4 is 15.4 Å². The fourth-order valence-electron chi connectivity index (χ4n) is 1.97. The van der Waals surface area contributed by atoms with Crippen molar-refractivity contribution in [1.82, 2.24) is 10.6 Å². The highest BCUT2D eigenvalue weighted by molar-refractivity contribution is 5.74. The highest BCUT2D eigenvalue weighted by Gasteiger charge is 2.03. The van der Waals surface area contributed by atoms with Crippen molar-refractivity contribution in [1.29, 1.82) is 0 Å². The molecular weight excluding hydrogens is 326 g/mol. The summed E-state index contributed by atoms with van der Waals surface area (Å²) in [6, 6.07) is 12.6. The maximum Gasteiger partial charge on any atom is 0.315 e. The van der Waals surface area contributed by atoms with Crippen LogP contribution in [-0.2, 0) is 6.42 Å². The third kappa shape index (κ3) is 6.92. The summed E-state index contributed by atoms with van der Waals surface area (Å²) in [5.41, 5.74) is 1.15. The van der Waals surface area contributed by atoms with E-state index in [-0.39, 0.29) is 24.9 Å². The van der Waals surface area contributed by atoms with Crippen molar-refractivity contribution in [3.05, 3.63) is 65.7 Å². The number of benzene rings is 2. The van der Waals surface area contributed by atoms with Crippen LogP contribution in [0.1, 0.15) is 5.56 Å². The normalized spacial score (nSPS) is 9.68. The smallest absolute Gasteiger partial charge is 0.315 e. The van der Waals surface area contributed by atoms with Crippen molar-refractivity contribution < 1.29 is 18.3 Å². The number of urea groups is 1. The van der Waals surface area contributed by atoms with Crippen LogP contribution in [0.5, 0.6) is 5.75 Å². The largest absolute Gasteiger partial charge is 0.478 e. The molecule has 130 valence electrons. The van der Waals surface area contributed by atoms with E-state index in [2.05, 4.69) is 22.5 Å². The fraction of sp³-hybridized carbons (Fsp3) is 0.211. The molecular formula is C19H18F2N2O2. The molecule has 0 aliphatic rings. The molecule has 0 saturated heterocycles. The molecule has 0 unspecified atom stereocenters. The first-order valence-corrected chi connectivity index (χ1v) is 7.74. The maximum absolute atomic E-state index is 13.3. The molecule has 6 heteroatoms. The standard InChI is InChI=1S/C19H18F2N2O2/c20-16-8-9-18(17(21)14-16)25-13-5-4-11-22-19(24)23-12-10-15-6-2-1-3-7-15/h1-3,6-9,14H,10-13H2,(H2,22,23,24). The number of halogens is 2. The van der Waals surface area contributed by atoms with Gasteiger partial charge in [0, 0.05) is 12.6 Å². The molecule has 0 atom stereocenters. The van der Waals surface area contributed by atoms with E-state index < -0.39 is 11.6 Å². The molecule has 0 saturated carbocycles. The summed E-state index contributed by atoms with van der Waals surface area (Å²) in [7, 11) is 0. The lowest BCUT2D eigenvalue weighted by Crippen LogP contribution is -2.36. The van der Waals surface area contributed by atoms with Crippen molar-refractivity contribution in [3.8, 4) is 17.6 Å². The quantitative estimate of drug-likeness (QED) is 0.792. The molecule has 0 heterocycles. The highest BCUT2D eigenvalue weighted by atomic mass is 19.1. The summed E-state index contributed by atoms with van der Waals surface area (Å²) in [5, 5.41) is 5.31. The van der Waals surface area contributed by atoms with Crippen LogP contribution in [0, 0.1) is 23.5 Å². The molecule has 0 aromatic heterocycles. The Kier molecular flexibility index (Phi) is 7.26. The first kappa shape index (κ1) is 18.3. The molecule has 4 nitrogen and oxygen atoms in total. The van der Waals surface area contributed by atoms with Gasteiger partial charge in [-0.15, -0.1) is 0 Å². The molecule has 2 aromatic rings. The molecule has 25 heavy (non-hydrogen) atoms. The third-order valence-electron chi connectivity index (χ3n) is 3.20. The monoisotopic (exact) mass is 344 g/mol. The van der Waals surface area contributed by atoms with Crippen LogP contribution in [0.3, 0.4) is 0 Å². The van der Waals surface area contributed by atoms with Gasteiger partial charge >= 0.3 is 6.03 Å². The molecule has 0 spiro atoms. The lowest BCUT2D eigenvalue weighted by Gasteiger charge is -2.05. The van der Waals surface area contributed by atoms with E-state index in [9.17, 15) is 13.6 Å². The van der Waals surface area contributed by atoms with Crippen LogP contribution in [0.25, 0.3) is 0 Å². The summed E-state index contributed by atoms with van der Waals surface area (Å²) in [5.74, 6) is 3.80. The van der Waals surface area contributed by atoms with Gasteiger partial charge in [-0.3, -0.25) is 0 Å². The minimum atomic E-state index is -0.780. The number of hydrogen-bond donors (Lipinski definition) is 2. The highest BCUT2D eigenvalue weighted by Crippen LogP contribution is 2.17. The van der Waals surface area contributed by atoms with Crippen molar-refractivity contribution in [2.45, 2.75) is 6.42 Å². The summed E-state index contributed by atoms with van der Waals surface area (Å²) >= 11 is 0. The average Bonchev–Trinajstić information content (AvgIpc) is 2.60. The van der Waals surface area contributed by atoms with Crippen LogP contribution in [0.4, 0.5) is 13.6 Å². The number of nitrogens with one attached hydrogen (secondary N) is 2. The van der Waals surface area contributed by atoms with E-state index in [0.717, 1.165) is 24.1 Å². The Labute approximate surface area is 145 Å². The van der Waals surface area contributed by atoms with E-state index in [0.29, 0.717) is 6.54 Å². The number of carbonyl (C=O) groups excluding carboxylic acids is 1. The van der Waals surface area contributed by atoms with Gasteiger partial charge in [0.1, 0.15) is 12.4 Å². The Morgan fingerprint density at radius 2 is 1.84 bits per heavy atom. The van der Waals surface area contributed by atoms with Gasteiger partial charge in [0.15, 0.2) is 11.6 Å². The van der Waals surface area contributed by atoms with Gasteiger partial charge in [0.05, 0.1) is 6.54 Å². The number of ether oxygens (including phenoxy) is 1. The van der Waals surface area contributed by atoms with Crippen molar-refractivity contribution in [2.24, 2.45) is 0 Å². The zero-order chi connectivity index (χ0) is 17.9. The Hall–Kier alpha value is -3.07. The van der Waals surface area contributed by atoms with Crippen LogP contribution in [0.2, 0.25) is 0 Å². The molecule has 2 rings (SSSR count). The van der Waals surface area contributed by atoms with Gasteiger partial charge < -0.3 is 15.4 Å². The van der Waals surface area contributed by atoms with Gasteiger partial charge in [0.25, 0.3) is 0 Å². The molecule has 2 aromatic carbocycles. The molecule has 0 aliphatic heterocycles. The second-order valence-electron chi connectivity index (χ2n) is 5.06. The Bertz CT molecular complexity index is 755. The van der Waals surface area contributed by atoms with Crippen LogP contribution in [-0.4, -0.2) is 25.7 Å². The van der Waals surface area contributed by atoms with Gasteiger partial charge in [-0.2, -0.15) is 0 Å². The van der Waals surface area contributed by atoms with Crippen LogP contribution in [0.15, 0.2) is 48.5 Å². The first-order chi connectivity index (χ1) is 12.1. The second-order valence-corrected chi connectivity index (χ2v) is 5.06. The van der Waals surface area contributed by atoms with Crippen molar-refractivity contribution in [3.63, 3.8) is 0 Å². The van der Waals surface area contributed by atoms with Crippen molar-refractivity contribution in [2.75, 3.05) is 19.7 Å². The minimum Gasteiger partial charge on any atom is -0.478 e. The lowest BCUT2D eigenvalue weighted by atomic mass is 10.1. The molecule has 0 radical (unpaired) electrons. The van der Waals surface area contributed by atoms with Crippen molar-refractivity contribution >= 4 is 6.03 Å². The van der Waals surface area contributed by atoms with Crippen LogP contribution >= 0.6 is 0 Å². The second kappa shape index (κ2) is 9.93. The molecule has 2 amide bonds. The Morgan fingerprint density at radius 3 is 2.60 bits per heavy atom. The number of hydrogen-bond acceptors (Lipinski definition) is 2. The van der Waals surface area contributed by atoms with E-state index in [1.165, 1.54) is 6.07 Å². The van der Waals surface area contributed by atoms with Gasteiger partial charge in [0.2, 0.25) is 0 Å². The van der Waals surface area contributed by atoms with Gasteiger partial charge in [-0.25, -0.2) is 13.6 Å². The molecule has 2 N–H and O–H groups in total. The molecule has 0 bridgehead atoms. The Morgan fingerprint density at radius 1 is 1.04 bits per heavy atom. The van der Waals surface area contributed by atoms with E-state index in [1.54, 1.807) is 0 Å². The minimum absolute atomic E-state index is 0.0557. The first-order valence-electron chi connectivity index (χ1n) is 7.74. The van der Waals surface area contributed by atoms with Gasteiger partial charge in [-0.1, -0.05) is 42.2 Å². The molecule has 0 fully saturated rings. The molecule has 0 aliphatic carbocycles. The third-order valence-corrected chi connectivity index (χ3v) is 3.20. The zero-order valence-corrected chi connectivity index (χ0v) is 13.5. The predicted molar refractivity (Wildman–Crippen MR) is 91.2 cm³/mol. The topological polar surface area (TPSA) is 50.4 Å². The Balaban J connectivity index is 1.59.